The fourth-order valence-corrected chi connectivity index (χ4v) is 4.43. The van der Waals surface area contributed by atoms with Gasteiger partial charge in [0.15, 0.2) is 0 Å². The van der Waals surface area contributed by atoms with Gasteiger partial charge in [-0.3, -0.25) is 4.79 Å². The zero-order valence-electron chi connectivity index (χ0n) is 21.2. The average molecular weight is 511 g/mol. The smallest absolute Gasteiger partial charge is 0.342 e. The van der Waals surface area contributed by atoms with E-state index in [1.165, 1.54) is 10.7 Å². The number of carbonyl (C=O) groups excluding carboxylic acids is 2. The van der Waals surface area contributed by atoms with Crippen LogP contribution in [0.5, 0.6) is 11.5 Å². The summed E-state index contributed by atoms with van der Waals surface area (Å²) in [6.45, 7) is 2.85. The molecule has 5 rings (SSSR count). The summed E-state index contributed by atoms with van der Waals surface area (Å²) in [4.78, 5) is 25.7. The van der Waals surface area contributed by atoms with Crippen LogP contribution >= 0.6 is 0 Å². The average Bonchev–Trinajstić information content (AvgIpc) is 3.32. The van der Waals surface area contributed by atoms with Crippen LogP contribution in [0, 0.1) is 0 Å². The van der Waals surface area contributed by atoms with Crippen LogP contribution in [-0.4, -0.2) is 33.4 Å². The number of aromatic hydroxyl groups is 1. The largest absolute Gasteiger partial charge is 0.507 e. The molecule has 0 saturated heterocycles. The molecule has 1 heterocycles. The first-order valence-corrected chi connectivity index (χ1v) is 12.8. The Balaban J connectivity index is 1.33. The third-order valence-corrected chi connectivity index (χ3v) is 6.70. The highest BCUT2D eigenvalue weighted by Gasteiger charge is 2.27. The number of phenols is 1. The number of benzene rings is 3. The third kappa shape index (κ3) is 5.54. The molecule has 1 saturated carbocycles. The molecule has 3 aromatic carbocycles. The van der Waals surface area contributed by atoms with E-state index in [-0.39, 0.29) is 23.6 Å². The minimum atomic E-state index is -0.305. The van der Waals surface area contributed by atoms with Crippen molar-refractivity contribution in [3.63, 3.8) is 0 Å². The lowest BCUT2D eigenvalue weighted by molar-refractivity contribution is 0.102. The zero-order chi connectivity index (χ0) is 26.5. The SMILES string of the molecule is CCOc1ccc(C(=O)Nc2ccc(-c3cc(C4CCC4)n(C(=O)NCc4ccccc4)n3)c(O)c2)cc1. The second-order valence-corrected chi connectivity index (χ2v) is 9.28. The molecule has 1 aliphatic rings. The minimum Gasteiger partial charge on any atom is -0.507 e. The lowest BCUT2D eigenvalue weighted by Gasteiger charge is -2.25. The highest BCUT2D eigenvalue weighted by Crippen LogP contribution is 2.39. The summed E-state index contributed by atoms with van der Waals surface area (Å²) < 4.78 is 6.84. The molecule has 2 amide bonds. The van der Waals surface area contributed by atoms with E-state index in [1.54, 1.807) is 36.4 Å². The van der Waals surface area contributed by atoms with E-state index < -0.39 is 0 Å². The van der Waals surface area contributed by atoms with Crippen molar-refractivity contribution in [2.24, 2.45) is 0 Å². The maximum absolute atomic E-state index is 13.1. The van der Waals surface area contributed by atoms with Gasteiger partial charge in [-0.1, -0.05) is 36.8 Å². The van der Waals surface area contributed by atoms with Crippen molar-refractivity contribution >= 4 is 17.6 Å². The van der Waals surface area contributed by atoms with Gasteiger partial charge >= 0.3 is 6.03 Å². The van der Waals surface area contributed by atoms with Crippen LogP contribution in [-0.2, 0) is 6.54 Å². The minimum absolute atomic E-state index is 0.0380. The quantitative estimate of drug-likeness (QED) is 0.272. The van der Waals surface area contributed by atoms with Gasteiger partial charge in [-0.25, -0.2) is 4.79 Å². The Kier molecular flexibility index (Phi) is 7.40. The van der Waals surface area contributed by atoms with E-state index in [9.17, 15) is 14.7 Å². The van der Waals surface area contributed by atoms with Crippen LogP contribution in [0.2, 0.25) is 0 Å². The number of aromatic nitrogens is 2. The Morgan fingerprint density at radius 1 is 1.03 bits per heavy atom. The fraction of sp³-hybridized carbons (Fsp3) is 0.233. The lowest BCUT2D eigenvalue weighted by Crippen LogP contribution is -2.31. The van der Waals surface area contributed by atoms with Crippen molar-refractivity contribution in [2.45, 2.75) is 38.6 Å². The van der Waals surface area contributed by atoms with Crippen molar-refractivity contribution < 1.29 is 19.4 Å². The molecule has 1 fully saturated rings. The van der Waals surface area contributed by atoms with Crippen molar-refractivity contribution in [1.82, 2.24) is 15.1 Å². The number of ether oxygens (including phenoxy) is 1. The first-order chi connectivity index (χ1) is 18.5. The summed E-state index contributed by atoms with van der Waals surface area (Å²) in [7, 11) is 0. The molecular formula is C30H30N4O4. The molecule has 4 aromatic rings. The number of nitrogens with zero attached hydrogens (tertiary/aromatic N) is 2. The van der Waals surface area contributed by atoms with E-state index in [0.29, 0.717) is 41.4 Å². The summed E-state index contributed by atoms with van der Waals surface area (Å²) in [6.07, 6.45) is 3.12. The van der Waals surface area contributed by atoms with E-state index >= 15 is 0 Å². The van der Waals surface area contributed by atoms with E-state index in [0.717, 1.165) is 30.5 Å². The van der Waals surface area contributed by atoms with Gasteiger partial charge in [0.2, 0.25) is 0 Å². The highest BCUT2D eigenvalue weighted by molar-refractivity contribution is 6.04. The Morgan fingerprint density at radius 3 is 2.45 bits per heavy atom. The van der Waals surface area contributed by atoms with Crippen LogP contribution in [0.15, 0.2) is 78.9 Å². The zero-order valence-corrected chi connectivity index (χ0v) is 21.2. The molecule has 0 aliphatic heterocycles. The maximum Gasteiger partial charge on any atom is 0.342 e. The summed E-state index contributed by atoms with van der Waals surface area (Å²) in [5.74, 6) is 0.616. The van der Waals surface area contributed by atoms with E-state index in [2.05, 4.69) is 15.7 Å². The standard InChI is InChI=1S/C30H30N4O4/c1-2-38-24-14-11-22(12-15-24)29(36)32-23-13-16-25(28(35)17-23)26-18-27(21-9-6-10-21)34(33-26)30(37)31-19-20-7-4-3-5-8-20/h3-5,7-8,11-18,21,35H,2,6,9-10,19H2,1H3,(H,31,37)(H,32,36). The van der Waals surface area contributed by atoms with Gasteiger partial charge in [0.1, 0.15) is 11.5 Å². The van der Waals surface area contributed by atoms with Gasteiger partial charge < -0.3 is 20.5 Å². The van der Waals surface area contributed by atoms with E-state index in [1.807, 2.05) is 43.3 Å². The second kappa shape index (κ2) is 11.2. The molecular weight excluding hydrogens is 480 g/mol. The molecule has 8 nitrogen and oxygen atoms in total. The van der Waals surface area contributed by atoms with Gasteiger partial charge in [-0.2, -0.15) is 9.78 Å². The Bertz CT molecular complexity index is 1430. The molecule has 0 unspecified atom stereocenters. The molecule has 38 heavy (non-hydrogen) atoms. The molecule has 0 bridgehead atoms. The predicted octanol–water partition coefficient (Wildman–Crippen LogP) is 5.93. The summed E-state index contributed by atoms with van der Waals surface area (Å²) >= 11 is 0. The summed E-state index contributed by atoms with van der Waals surface area (Å²) in [5, 5.41) is 21.1. The predicted molar refractivity (Wildman–Crippen MR) is 146 cm³/mol. The molecule has 8 heteroatoms. The van der Waals surface area contributed by atoms with Gasteiger partial charge in [-0.15, -0.1) is 0 Å². The molecule has 1 aromatic heterocycles. The second-order valence-electron chi connectivity index (χ2n) is 9.28. The number of anilines is 1. The molecule has 3 N–H and O–H groups in total. The molecule has 0 radical (unpaired) electrons. The van der Waals surface area contributed by atoms with Crippen molar-refractivity contribution in [3.8, 4) is 22.8 Å². The van der Waals surface area contributed by atoms with Crippen LogP contribution in [0.1, 0.15) is 53.7 Å². The lowest BCUT2D eigenvalue weighted by atomic mass is 9.82. The Hall–Kier alpha value is -4.59. The van der Waals surface area contributed by atoms with Crippen molar-refractivity contribution in [2.75, 3.05) is 11.9 Å². The first kappa shape index (κ1) is 25.1. The molecule has 194 valence electrons. The monoisotopic (exact) mass is 510 g/mol. The third-order valence-electron chi connectivity index (χ3n) is 6.70. The number of hydrogen-bond donors (Lipinski definition) is 3. The van der Waals surface area contributed by atoms with Crippen LogP contribution in [0.3, 0.4) is 0 Å². The topological polar surface area (TPSA) is 105 Å². The van der Waals surface area contributed by atoms with Crippen molar-refractivity contribution in [3.05, 3.63) is 95.7 Å². The van der Waals surface area contributed by atoms with Gasteiger partial charge in [0, 0.05) is 35.3 Å². The van der Waals surface area contributed by atoms with Gasteiger partial charge in [-0.05, 0) is 67.8 Å². The molecule has 0 atom stereocenters. The number of hydrogen-bond acceptors (Lipinski definition) is 5. The first-order valence-electron chi connectivity index (χ1n) is 12.8. The number of rotatable bonds is 8. The summed E-state index contributed by atoms with van der Waals surface area (Å²) in [6, 6.07) is 23.0. The number of amides is 2. The van der Waals surface area contributed by atoms with Gasteiger partial charge in [0.25, 0.3) is 5.91 Å². The number of nitrogens with one attached hydrogen (secondary N) is 2. The number of phenolic OH excluding ortho intramolecular Hbond substituents is 1. The molecule has 1 aliphatic carbocycles. The van der Waals surface area contributed by atoms with Crippen LogP contribution in [0.4, 0.5) is 10.5 Å². The van der Waals surface area contributed by atoms with Crippen molar-refractivity contribution in [1.29, 1.82) is 0 Å². The van der Waals surface area contributed by atoms with Crippen LogP contribution < -0.4 is 15.4 Å². The summed E-state index contributed by atoms with van der Waals surface area (Å²) in [5.41, 5.74) is 3.75. The van der Waals surface area contributed by atoms with E-state index in [4.69, 9.17) is 4.74 Å². The fourth-order valence-electron chi connectivity index (χ4n) is 4.43. The molecule has 0 spiro atoms. The normalized spacial score (nSPS) is 13.0. The highest BCUT2D eigenvalue weighted by atomic mass is 16.5. The number of carbonyl (C=O) groups is 2. The van der Waals surface area contributed by atoms with Crippen LogP contribution in [0.25, 0.3) is 11.3 Å². The Labute approximate surface area is 221 Å². The maximum atomic E-state index is 13.1. The Morgan fingerprint density at radius 2 is 1.79 bits per heavy atom. The van der Waals surface area contributed by atoms with Gasteiger partial charge in [0.05, 0.1) is 18.0 Å².